The van der Waals surface area contributed by atoms with E-state index in [1.54, 1.807) is 4.90 Å². The fraction of sp³-hybridized carbons (Fsp3) is 0.615. The standard InChI is InChI=1S/C13H20N2O4/c1-9(2)10-5-7-15(8-6-10)13(19)14-11(16)3-4-12(17)18/h3-4,9-10H,5-8H2,1-2H3,(H,17,18)(H,14,16,19)/b4-3+. The Kier molecular flexibility index (Phi) is 5.54. The number of nitrogens with zero attached hydrogens (tertiary/aromatic N) is 1. The molecule has 0 unspecified atom stereocenters. The van der Waals surface area contributed by atoms with Crippen LogP contribution in [-0.2, 0) is 9.59 Å². The number of carboxylic acid groups (broad SMARTS) is 1. The normalized spacial score (nSPS) is 16.9. The first kappa shape index (κ1) is 15.2. The van der Waals surface area contributed by atoms with Crippen molar-refractivity contribution in [3.05, 3.63) is 12.2 Å². The number of hydrogen-bond donors (Lipinski definition) is 2. The maximum atomic E-state index is 11.7. The van der Waals surface area contributed by atoms with E-state index in [1.165, 1.54) is 0 Å². The van der Waals surface area contributed by atoms with Gasteiger partial charge in [-0.25, -0.2) is 9.59 Å². The Morgan fingerprint density at radius 1 is 1.21 bits per heavy atom. The molecular weight excluding hydrogens is 248 g/mol. The molecule has 6 heteroatoms. The van der Waals surface area contributed by atoms with Crippen LogP contribution < -0.4 is 5.32 Å². The van der Waals surface area contributed by atoms with Gasteiger partial charge in [0.15, 0.2) is 0 Å². The number of hydrogen-bond acceptors (Lipinski definition) is 3. The van der Waals surface area contributed by atoms with Gasteiger partial charge in [-0.1, -0.05) is 13.8 Å². The summed E-state index contributed by atoms with van der Waals surface area (Å²) >= 11 is 0. The van der Waals surface area contributed by atoms with Gasteiger partial charge in [0, 0.05) is 25.2 Å². The maximum absolute atomic E-state index is 11.7. The minimum atomic E-state index is -1.22. The largest absolute Gasteiger partial charge is 0.478 e. The lowest BCUT2D eigenvalue weighted by Gasteiger charge is -2.33. The van der Waals surface area contributed by atoms with E-state index in [1.807, 2.05) is 0 Å². The summed E-state index contributed by atoms with van der Waals surface area (Å²) in [6.07, 6.45) is 3.41. The quantitative estimate of drug-likeness (QED) is 0.754. The Labute approximate surface area is 112 Å². The number of urea groups is 1. The van der Waals surface area contributed by atoms with Crippen molar-refractivity contribution >= 4 is 17.9 Å². The third-order valence-corrected chi connectivity index (χ3v) is 3.38. The molecule has 0 bridgehead atoms. The molecule has 0 atom stereocenters. The molecule has 1 rings (SSSR count). The molecule has 0 radical (unpaired) electrons. The van der Waals surface area contributed by atoms with Crippen LogP contribution in [0.5, 0.6) is 0 Å². The van der Waals surface area contributed by atoms with Gasteiger partial charge in [0.05, 0.1) is 0 Å². The van der Waals surface area contributed by atoms with Gasteiger partial charge in [-0.3, -0.25) is 10.1 Å². The summed E-state index contributed by atoms with van der Waals surface area (Å²) < 4.78 is 0. The number of likely N-dealkylation sites (tertiary alicyclic amines) is 1. The zero-order chi connectivity index (χ0) is 14.4. The number of carboxylic acids is 1. The van der Waals surface area contributed by atoms with E-state index in [0.717, 1.165) is 18.9 Å². The van der Waals surface area contributed by atoms with E-state index in [-0.39, 0.29) is 0 Å². The average Bonchev–Trinajstić information content (AvgIpc) is 2.36. The fourth-order valence-corrected chi connectivity index (χ4v) is 2.14. The van der Waals surface area contributed by atoms with Crippen LogP contribution in [0.25, 0.3) is 0 Å². The van der Waals surface area contributed by atoms with E-state index in [2.05, 4.69) is 19.2 Å². The summed E-state index contributed by atoms with van der Waals surface area (Å²) in [6, 6.07) is -0.456. The van der Waals surface area contributed by atoms with Crippen LogP contribution in [0.3, 0.4) is 0 Å². The van der Waals surface area contributed by atoms with E-state index >= 15 is 0 Å². The zero-order valence-corrected chi connectivity index (χ0v) is 11.3. The summed E-state index contributed by atoms with van der Waals surface area (Å²) in [5.41, 5.74) is 0. The van der Waals surface area contributed by atoms with Gasteiger partial charge < -0.3 is 10.0 Å². The highest BCUT2D eigenvalue weighted by Crippen LogP contribution is 2.24. The van der Waals surface area contributed by atoms with Crippen molar-refractivity contribution < 1.29 is 19.5 Å². The molecule has 0 aromatic heterocycles. The summed E-state index contributed by atoms with van der Waals surface area (Å²) in [5.74, 6) is -0.712. The number of aliphatic carboxylic acids is 1. The van der Waals surface area contributed by atoms with Crippen LogP contribution in [0, 0.1) is 11.8 Å². The SMILES string of the molecule is CC(C)C1CCN(C(=O)NC(=O)/C=C/C(=O)O)CC1. The van der Waals surface area contributed by atoms with E-state index in [9.17, 15) is 14.4 Å². The molecule has 106 valence electrons. The van der Waals surface area contributed by atoms with Gasteiger partial charge in [-0.2, -0.15) is 0 Å². The molecule has 0 aromatic rings. The molecule has 1 heterocycles. The van der Waals surface area contributed by atoms with Crippen molar-refractivity contribution in [1.29, 1.82) is 0 Å². The maximum Gasteiger partial charge on any atom is 0.328 e. The van der Waals surface area contributed by atoms with Gasteiger partial charge in [-0.05, 0) is 24.7 Å². The van der Waals surface area contributed by atoms with Crippen LogP contribution >= 0.6 is 0 Å². The number of carbonyl (C=O) groups is 3. The molecule has 1 fully saturated rings. The van der Waals surface area contributed by atoms with Crippen LogP contribution in [0.4, 0.5) is 4.79 Å². The van der Waals surface area contributed by atoms with E-state index < -0.39 is 17.9 Å². The van der Waals surface area contributed by atoms with Crippen molar-refractivity contribution in [1.82, 2.24) is 10.2 Å². The van der Waals surface area contributed by atoms with Crippen LogP contribution in [0.15, 0.2) is 12.2 Å². The summed E-state index contributed by atoms with van der Waals surface area (Å²) in [6.45, 7) is 5.59. The minimum absolute atomic E-state index is 0.456. The topological polar surface area (TPSA) is 86.7 Å². The highest BCUT2D eigenvalue weighted by molar-refractivity contribution is 6.02. The summed E-state index contributed by atoms with van der Waals surface area (Å²) in [7, 11) is 0. The molecule has 6 nitrogen and oxygen atoms in total. The lowest BCUT2D eigenvalue weighted by atomic mass is 9.87. The second-order valence-electron chi connectivity index (χ2n) is 5.03. The van der Waals surface area contributed by atoms with Gasteiger partial charge in [0.1, 0.15) is 0 Å². The predicted octanol–water partition coefficient (Wildman–Crippen LogP) is 1.23. The number of amides is 3. The second kappa shape index (κ2) is 6.92. The molecule has 3 amide bonds. The Bertz CT molecular complexity index is 382. The second-order valence-corrected chi connectivity index (χ2v) is 5.03. The Balaban J connectivity index is 2.39. The van der Waals surface area contributed by atoms with Crippen LogP contribution in [0.1, 0.15) is 26.7 Å². The molecule has 2 N–H and O–H groups in total. The number of carbonyl (C=O) groups excluding carboxylic acids is 2. The third kappa shape index (κ3) is 5.11. The highest BCUT2D eigenvalue weighted by atomic mass is 16.4. The van der Waals surface area contributed by atoms with Crippen molar-refractivity contribution in [2.45, 2.75) is 26.7 Å². The predicted molar refractivity (Wildman–Crippen MR) is 69.4 cm³/mol. The average molecular weight is 268 g/mol. The van der Waals surface area contributed by atoms with Crippen LogP contribution in [-0.4, -0.2) is 41.0 Å². The molecule has 19 heavy (non-hydrogen) atoms. The number of imide groups is 1. The lowest BCUT2D eigenvalue weighted by Crippen LogP contribution is -2.46. The number of nitrogens with one attached hydrogen (secondary N) is 1. The van der Waals surface area contributed by atoms with E-state index in [4.69, 9.17) is 5.11 Å². The first-order valence-corrected chi connectivity index (χ1v) is 6.41. The van der Waals surface area contributed by atoms with Crippen molar-refractivity contribution in [3.8, 4) is 0 Å². The van der Waals surface area contributed by atoms with Gasteiger partial charge >= 0.3 is 12.0 Å². The molecule has 1 aliphatic rings. The molecule has 0 aliphatic carbocycles. The molecular formula is C13H20N2O4. The van der Waals surface area contributed by atoms with Gasteiger partial charge in [-0.15, -0.1) is 0 Å². The Morgan fingerprint density at radius 2 is 1.79 bits per heavy atom. The summed E-state index contributed by atoms with van der Waals surface area (Å²) in [4.78, 5) is 34.8. The number of piperidine rings is 1. The molecule has 1 saturated heterocycles. The van der Waals surface area contributed by atoms with Crippen molar-refractivity contribution in [2.75, 3.05) is 13.1 Å². The van der Waals surface area contributed by atoms with Crippen molar-refractivity contribution in [3.63, 3.8) is 0 Å². The molecule has 0 aromatic carbocycles. The lowest BCUT2D eigenvalue weighted by molar-refractivity contribution is -0.131. The van der Waals surface area contributed by atoms with Gasteiger partial charge in [0.2, 0.25) is 0 Å². The Morgan fingerprint density at radius 3 is 2.26 bits per heavy atom. The smallest absolute Gasteiger partial charge is 0.328 e. The van der Waals surface area contributed by atoms with Gasteiger partial charge in [0.25, 0.3) is 5.91 Å². The fourth-order valence-electron chi connectivity index (χ4n) is 2.14. The molecule has 0 saturated carbocycles. The first-order valence-electron chi connectivity index (χ1n) is 6.41. The molecule has 1 aliphatic heterocycles. The monoisotopic (exact) mass is 268 g/mol. The highest BCUT2D eigenvalue weighted by Gasteiger charge is 2.24. The van der Waals surface area contributed by atoms with Crippen LogP contribution in [0.2, 0.25) is 0 Å². The minimum Gasteiger partial charge on any atom is -0.478 e. The third-order valence-electron chi connectivity index (χ3n) is 3.38. The summed E-state index contributed by atoms with van der Waals surface area (Å²) in [5, 5.41) is 10.5. The van der Waals surface area contributed by atoms with Crippen molar-refractivity contribution in [2.24, 2.45) is 11.8 Å². The Hall–Kier alpha value is -1.85. The molecule has 0 spiro atoms. The van der Waals surface area contributed by atoms with E-state index in [0.29, 0.717) is 31.0 Å². The number of rotatable bonds is 3. The first-order chi connectivity index (χ1) is 8.90. The zero-order valence-electron chi connectivity index (χ0n) is 11.3.